The fourth-order valence-electron chi connectivity index (χ4n) is 1.24. The van der Waals surface area contributed by atoms with Crippen LogP contribution in [0.4, 0.5) is 0 Å². The molecule has 0 bridgehead atoms. The van der Waals surface area contributed by atoms with E-state index in [0.29, 0.717) is 5.56 Å². The fourth-order valence-corrected chi connectivity index (χ4v) is 1.24. The van der Waals surface area contributed by atoms with E-state index in [-0.39, 0.29) is 30.3 Å². The van der Waals surface area contributed by atoms with Gasteiger partial charge < -0.3 is 20.6 Å². The Morgan fingerprint density at radius 2 is 2.00 bits per heavy atom. The molecular formula is C10H14ClNO4. The molecule has 5 nitrogen and oxygen atoms in total. The highest BCUT2D eigenvalue weighted by atomic mass is 35.5. The predicted molar refractivity (Wildman–Crippen MR) is 61.2 cm³/mol. The van der Waals surface area contributed by atoms with Crippen molar-refractivity contribution in [2.75, 3.05) is 7.05 Å². The number of benzene rings is 1. The molecule has 16 heavy (non-hydrogen) atoms. The molecule has 1 aromatic carbocycles. The van der Waals surface area contributed by atoms with Gasteiger partial charge in [-0.15, -0.1) is 12.4 Å². The Balaban J connectivity index is 0.00000225. The van der Waals surface area contributed by atoms with E-state index in [4.69, 9.17) is 10.2 Å². The first-order chi connectivity index (χ1) is 7.04. The van der Waals surface area contributed by atoms with Gasteiger partial charge in [0.1, 0.15) is 6.04 Å². The monoisotopic (exact) mass is 247 g/mol. The number of hydrogen-bond donors (Lipinski definition) is 4. The first kappa shape index (κ1) is 14.5. The molecule has 4 N–H and O–H groups in total. The van der Waals surface area contributed by atoms with E-state index in [1.165, 1.54) is 12.1 Å². The number of likely N-dealkylation sites (N-methyl/N-ethyl adjacent to an activating group) is 1. The molecule has 0 aromatic heterocycles. The summed E-state index contributed by atoms with van der Waals surface area (Å²) in [6.07, 6.45) is 0.250. The molecule has 90 valence electrons. The molecule has 6 heteroatoms. The molecule has 1 aromatic rings. The van der Waals surface area contributed by atoms with Crippen LogP contribution in [0.2, 0.25) is 0 Å². The van der Waals surface area contributed by atoms with Gasteiger partial charge in [-0.25, -0.2) is 0 Å². The number of nitrogens with one attached hydrogen (secondary N) is 1. The lowest BCUT2D eigenvalue weighted by molar-refractivity contribution is -0.139. The largest absolute Gasteiger partial charge is 0.504 e. The Kier molecular flexibility index (Phi) is 5.63. The van der Waals surface area contributed by atoms with Crippen LogP contribution in [0.5, 0.6) is 11.5 Å². The topological polar surface area (TPSA) is 89.8 Å². The Bertz CT molecular complexity index is 370. The van der Waals surface area contributed by atoms with E-state index in [2.05, 4.69) is 5.32 Å². The predicted octanol–water partition coefficient (Wildman–Crippen LogP) is 0.735. The van der Waals surface area contributed by atoms with Crippen molar-refractivity contribution in [1.29, 1.82) is 0 Å². The molecule has 0 saturated heterocycles. The lowest BCUT2D eigenvalue weighted by atomic mass is 10.1. The number of rotatable bonds is 4. The second-order valence-corrected chi connectivity index (χ2v) is 3.21. The molecule has 1 unspecified atom stereocenters. The first-order valence-electron chi connectivity index (χ1n) is 4.45. The highest BCUT2D eigenvalue weighted by Crippen LogP contribution is 2.25. The summed E-state index contributed by atoms with van der Waals surface area (Å²) >= 11 is 0. The minimum absolute atomic E-state index is 0. The van der Waals surface area contributed by atoms with Crippen molar-refractivity contribution in [3.63, 3.8) is 0 Å². The summed E-state index contributed by atoms with van der Waals surface area (Å²) in [6, 6.07) is 3.55. The third-order valence-electron chi connectivity index (χ3n) is 2.13. The Hall–Kier alpha value is -1.46. The van der Waals surface area contributed by atoms with Crippen molar-refractivity contribution in [3.8, 4) is 11.5 Å². The van der Waals surface area contributed by atoms with Gasteiger partial charge in [0, 0.05) is 0 Å². The average molecular weight is 248 g/mol. The fraction of sp³-hybridized carbons (Fsp3) is 0.300. The maximum atomic E-state index is 10.7. The SMILES string of the molecule is CNC(Cc1ccc(O)c(O)c1)C(=O)O.Cl. The van der Waals surface area contributed by atoms with Gasteiger partial charge in [-0.2, -0.15) is 0 Å². The summed E-state index contributed by atoms with van der Waals surface area (Å²) in [7, 11) is 1.55. The van der Waals surface area contributed by atoms with Crippen molar-refractivity contribution >= 4 is 18.4 Å². The third kappa shape index (κ3) is 3.60. The van der Waals surface area contributed by atoms with Crippen LogP contribution in [0, 0.1) is 0 Å². The zero-order valence-corrected chi connectivity index (χ0v) is 9.49. The minimum atomic E-state index is -0.954. The van der Waals surface area contributed by atoms with Crippen molar-refractivity contribution < 1.29 is 20.1 Å². The molecule has 0 saturated carbocycles. The summed E-state index contributed by atoms with van der Waals surface area (Å²) < 4.78 is 0. The van der Waals surface area contributed by atoms with Crippen molar-refractivity contribution in [2.24, 2.45) is 0 Å². The average Bonchev–Trinajstić information content (AvgIpc) is 2.19. The molecule has 1 rings (SSSR count). The van der Waals surface area contributed by atoms with Crippen LogP contribution in [-0.2, 0) is 11.2 Å². The molecule has 0 fully saturated rings. The molecular weight excluding hydrogens is 234 g/mol. The normalized spacial score (nSPS) is 11.6. The summed E-state index contributed by atoms with van der Waals surface area (Å²) in [5.74, 6) is -1.41. The summed E-state index contributed by atoms with van der Waals surface area (Å²) in [5, 5.41) is 29.7. The van der Waals surface area contributed by atoms with Crippen molar-refractivity contribution in [3.05, 3.63) is 23.8 Å². The van der Waals surface area contributed by atoms with Crippen molar-refractivity contribution in [1.82, 2.24) is 5.32 Å². The van der Waals surface area contributed by atoms with Gasteiger partial charge in [0.15, 0.2) is 11.5 Å². The molecule has 0 amide bonds. The Morgan fingerprint density at radius 1 is 1.38 bits per heavy atom. The van der Waals surface area contributed by atoms with Crippen molar-refractivity contribution in [2.45, 2.75) is 12.5 Å². The van der Waals surface area contributed by atoms with Gasteiger partial charge in [0.05, 0.1) is 0 Å². The molecule has 0 aliphatic carbocycles. The van der Waals surface area contributed by atoms with Gasteiger partial charge in [0.25, 0.3) is 0 Å². The van der Waals surface area contributed by atoms with Crippen LogP contribution >= 0.6 is 12.4 Å². The second-order valence-electron chi connectivity index (χ2n) is 3.21. The zero-order chi connectivity index (χ0) is 11.4. The number of halogens is 1. The lowest BCUT2D eigenvalue weighted by Crippen LogP contribution is -2.35. The molecule has 0 aliphatic rings. The summed E-state index contributed by atoms with van der Waals surface area (Å²) in [5.41, 5.74) is 0.645. The molecule has 0 spiro atoms. The van der Waals surface area contributed by atoms with Gasteiger partial charge in [-0.1, -0.05) is 6.07 Å². The smallest absolute Gasteiger partial charge is 0.321 e. The van der Waals surface area contributed by atoms with Crippen LogP contribution in [0.3, 0.4) is 0 Å². The zero-order valence-electron chi connectivity index (χ0n) is 8.67. The van der Waals surface area contributed by atoms with Gasteiger partial charge in [0.2, 0.25) is 0 Å². The van der Waals surface area contributed by atoms with Crippen LogP contribution in [0.15, 0.2) is 18.2 Å². The number of carboxylic acid groups (broad SMARTS) is 1. The van der Waals surface area contributed by atoms with Crippen LogP contribution < -0.4 is 5.32 Å². The van der Waals surface area contributed by atoms with E-state index in [0.717, 1.165) is 0 Å². The van der Waals surface area contributed by atoms with Gasteiger partial charge in [-0.3, -0.25) is 4.79 Å². The summed E-state index contributed by atoms with van der Waals surface area (Å²) in [6.45, 7) is 0. The maximum Gasteiger partial charge on any atom is 0.321 e. The first-order valence-corrected chi connectivity index (χ1v) is 4.45. The minimum Gasteiger partial charge on any atom is -0.504 e. The number of phenols is 2. The van der Waals surface area contributed by atoms with Gasteiger partial charge in [-0.05, 0) is 31.2 Å². The number of aromatic hydroxyl groups is 2. The lowest BCUT2D eigenvalue weighted by Gasteiger charge is -2.11. The number of carbonyl (C=O) groups is 1. The number of carboxylic acids is 1. The maximum absolute atomic E-state index is 10.7. The van der Waals surface area contributed by atoms with E-state index < -0.39 is 12.0 Å². The highest BCUT2D eigenvalue weighted by Gasteiger charge is 2.15. The van der Waals surface area contributed by atoms with E-state index in [1.807, 2.05) is 0 Å². The molecule has 0 heterocycles. The standard InChI is InChI=1S/C10H13NO4.ClH/c1-11-7(10(14)15)4-6-2-3-8(12)9(13)5-6;/h2-3,5,7,11-13H,4H2,1H3,(H,14,15);1H. The van der Waals surface area contributed by atoms with Crippen LogP contribution in [0.1, 0.15) is 5.56 Å². The highest BCUT2D eigenvalue weighted by molar-refractivity contribution is 5.85. The summed E-state index contributed by atoms with van der Waals surface area (Å²) in [4.78, 5) is 10.7. The van der Waals surface area contributed by atoms with Gasteiger partial charge >= 0.3 is 5.97 Å². The van der Waals surface area contributed by atoms with E-state index in [1.54, 1.807) is 13.1 Å². The quantitative estimate of drug-likeness (QED) is 0.589. The third-order valence-corrected chi connectivity index (χ3v) is 2.13. The van der Waals surface area contributed by atoms with Crippen LogP contribution in [-0.4, -0.2) is 34.4 Å². The molecule has 0 radical (unpaired) electrons. The number of hydrogen-bond acceptors (Lipinski definition) is 4. The Labute approximate surface area is 99.1 Å². The number of phenolic OH excluding ortho intramolecular Hbond substituents is 2. The van der Waals surface area contributed by atoms with Crippen LogP contribution in [0.25, 0.3) is 0 Å². The Morgan fingerprint density at radius 3 is 2.44 bits per heavy atom. The van der Waals surface area contributed by atoms with E-state index in [9.17, 15) is 9.90 Å². The molecule has 0 aliphatic heterocycles. The molecule has 1 atom stereocenters. The second kappa shape index (κ2) is 6.19. The van der Waals surface area contributed by atoms with E-state index >= 15 is 0 Å². The number of aliphatic carboxylic acids is 1.